The van der Waals surface area contributed by atoms with Gasteiger partial charge in [0, 0.05) is 12.1 Å². The van der Waals surface area contributed by atoms with Crippen LogP contribution in [-0.4, -0.2) is 4.98 Å². The average molecular weight is 233 g/mol. The minimum atomic E-state index is 0.430. The molecule has 4 heteroatoms. The van der Waals surface area contributed by atoms with E-state index in [1.54, 1.807) is 6.07 Å². The maximum Gasteiger partial charge on any atom is 0.244 e. The number of aromatic nitrogens is 1. The highest BCUT2D eigenvalue weighted by molar-refractivity contribution is 6.29. The second-order valence-corrected chi connectivity index (χ2v) is 3.94. The van der Waals surface area contributed by atoms with Gasteiger partial charge in [0.2, 0.25) is 5.88 Å². The van der Waals surface area contributed by atoms with E-state index in [1.165, 1.54) is 0 Å². The molecule has 80 valence electrons. The van der Waals surface area contributed by atoms with Gasteiger partial charge < -0.3 is 10.1 Å². The van der Waals surface area contributed by atoms with Crippen molar-refractivity contribution < 1.29 is 4.74 Å². The van der Waals surface area contributed by atoms with Gasteiger partial charge in [-0.2, -0.15) is 4.98 Å². The van der Waals surface area contributed by atoms with Gasteiger partial charge in [-0.15, -0.1) is 0 Å². The van der Waals surface area contributed by atoms with E-state index in [2.05, 4.69) is 10.3 Å². The van der Waals surface area contributed by atoms with E-state index in [0.29, 0.717) is 11.0 Å². The van der Waals surface area contributed by atoms with E-state index in [9.17, 15) is 0 Å². The van der Waals surface area contributed by atoms with Crippen LogP contribution in [0, 0.1) is 0 Å². The molecule has 0 atom stereocenters. The Kier molecular flexibility index (Phi) is 2.18. The molecule has 0 saturated carbocycles. The zero-order chi connectivity index (χ0) is 11.0. The number of nitrogens with zero attached hydrogens (tertiary/aromatic N) is 1. The number of benzene rings is 1. The molecule has 0 saturated heterocycles. The summed E-state index contributed by atoms with van der Waals surface area (Å²) in [5.74, 6) is 1.35. The van der Waals surface area contributed by atoms with Crippen molar-refractivity contribution in [1.29, 1.82) is 0 Å². The van der Waals surface area contributed by atoms with Crippen molar-refractivity contribution in [1.82, 2.24) is 4.98 Å². The second kappa shape index (κ2) is 3.68. The highest BCUT2D eigenvalue weighted by Crippen LogP contribution is 2.34. The molecule has 0 fully saturated rings. The highest BCUT2D eigenvalue weighted by atomic mass is 35.5. The molecule has 16 heavy (non-hydrogen) atoms. The second-order valence-electron chi connectivity index (χ2n) is 3.55. The molecule has 2 aromatic rings. The van der Waals surface area contributed by atoms with Gasteiger partial charge in [-0.3, -0.25) is 0 Å². The van der Waals surface area contributed by atoms with Crippen LogP contribution in [0.1, 0.15) is 5.56 Å². The summed E-state index contributed by atoms with van der Waals surface area (Å²) in [6.07, 6.45) is 0. The third-order valence-corrected chi connectivity index (χ3v) is 2.69. The molecule has 0 amide bonds. The molecule has 0 radical (unpaired) electrons. The SMILES string of the molecule is Clc1ccc2c(n1)Oc1ccccc1CN2. The summed E-state index contributed by atoms with van der Waals surface area (Å²) in [6, 6.07) is 11.5. The van der Waals surface area contributed by atoms with Gasteiger partial charge in [-0.25, -0.2) is 0 Å². The average Bonchev–Trinajstić information content (AvgIpc) is 2.47. The Bertz CT molecular complexity index is 542. The summed E-state index contributed by atoms with van der Waals surface area (Å²) < 4.78 is 5.73. The number of ether oxygens (including phenoxy) is 1. The first kappa shape index (κ1) is 9.48. The van der Waals surface area contributed by atoms with Crippen LogP contribution >= 0.6 is 11.6 Å². The standard InChI is InChI=1S/C12H9ClN2O/c13-11-6-5-9-12(15-11)16-10-4-2-1-3-8(10)7-14-9/h1-6,14H,7H2. The molecule has 1 N–H and O–H groups in total. The molecule has 0 spiro atoms. The van der Waals surface area contributed by atoms with Gasteiger partial charge in [0.1, 0.15) is 10.9 Å². The van der Waals surface area contributed by atoms with Crippen molar-refractivity contribution in [3.63, 3.8) is 0 Å². The number of hydrogen-bond donors (Lipinski definition) is 1. The number of nitrogens with one attached hydrogen (secondary N) is 1. The van der Waals surface area contributed by atoms with Crippen LogP contribution in [-0.2, 0) is 6.54 Å². The quantitative estimate of drug-likeness (QED) is 0.707. The van der Waals surface area contributed by atoms with Crippen LogP contribution in [0.15, 0.2) is 36.4 Å². The predicted octanol–water partition coefficient (Wildman–Crippen LogP) is 3.45. The summed E-state index contributed by atoms with van der Waals surface area (Å²) >= 11 is 5.84. The first-order chi connectivity index (χ1) is 7.83. The van der Waals surface area contributed by atoms with Crippen LogP contribution in [0.25, 0.3) is 0 Å². The van der Waals surface area contributed by atoms with Crippen molar-refractivity contribution in [3.8, 4) is 11.6 Å². The topological polar surface area (TPSA) is 34.1 Å². The highest BCUT2D eigenvalue weighted by Gasteiger charge is 2.14. The molecular formula is C12H9ClN2O. The molecule has 3 nitrogen and oxygen atoms in total. The molecule has 1 aromatic carbocycles. The van der Waals surface area contributed by atoms with Gasteiger partial charge in [-0.05, 0) is 18.2 Å². The normalized spacial score (nSPS) is 12.8. The molecule has 0 unspecified atom stereocenters. The van der Waals surface area contributed by atoms with Crippen LogP contribution in [0.4, 0.5) is 5.69 Å². The lowest BCUT2D eigenvalue weighted by Gasteiger charge is -2.06. The molecular weight excluding hydrogens is 224 g/mol. The van der Waals surface area contributed by atoms with Gasteiger partial charge in [-0.1, -0.05) is 29.8 Å². The molecule has 1 aromatic heterocycles. The molecule has 0 bridgehead atoms. The summed E-state index contributed by atoms with van der Waals surface area (Å²) in [6.45, 7) is 0.729. The Morgan fingerprint density at radius 3 is 3.00 bits per heavy atom. The fraction of sp³-hybridized carbons (Fsp3) is 0.0833. The Balaban J connectivity index is 2.10. The van der Waals surface area contributed by atoms with E-state index in [-0.39, 0.29) is 0 Å². The zero-order valence-corrected chi connectivity index (χ0v) is 9.16. The smallest absolute Gasteiger partial charge is 0.244 e. The van der Waals surface area contributed by atoms with E-state index >= 15 is 0 Å². The summed E-state index contributed by atoms with van der Waals surface area (Å²) in [4.78, 5) is 4.15. The van der Waals surface area contributed by atoms with Crippen LogP contribution in [0.5, 0.6) is 11.6 Å². The van der Waals surface area contributed by atoms with E-state index < -0.39 is 0 Å². The zero-order valence-electron chi connectivity index (χ0n) is 8.40. The lowest BCUT2D eigenvalue weighted by Crippen LogP contribution is -1.97. The van der Waals surface area contributed by atoms with Gasteiger partial charge in [0.25, 0.3) is 0 Å². The maximum atomic E-state index is 5.84. The largest absolute Gasteiger partial charge is 0.437 e. The molecule has 0 aliphatic carbocycles. The van der Waals surface area contributed by atoms with Crippen LogP contribution in [0.2, 0.25) is 5.15 Å². The monoisotopic (exact) mass is 232 g/mol. The van der Waals surface area contributed by atoms with Crippen molar-refractivity contribution in [3.05, 3.63) is 47.1 Å². The van der Waals surface area contributed by atoms with Crippen LogP contribution < -0.4 is 10.1 Å². The Hall–Kier alpha value is -1.74. The van der Waals surface area contributed by atoms with Gasteiger partial charge in [0.15, 0.2) is 0 Å². The molecule has 2 heterocycles. The van der Waals surface area contributed by atoms with Crippen molar-refractivity contribution in [2.75, 3.05) is 5.32 Å². The Labute approximate surface area is 98.0 Å². The molecule has 3 rings (SSSR count). The molecule has 1 aliphatic heterocycles. The predicted molar refractivity (Wildman–Crippen MR) is 63.1 cm³/mol. The number of pyridine rings is 1. The summed E-state index contributed by atoms with van der Waals surface area (Å²) in [5.41, 5.74) is 1.97. The lowest BCUT2D eigenvalue weighted by molar-refractivity contribution is 0.465. The number of rotatable bonds is 0. The lowest BCUT2D eigenvalue weighted by atomic mass is 10.2. The minimum Gasteiger partial charge on any atom is -0.437 e. The van der Waals surface area contributed by atoms with E-state index in [1.807, 2.05) is 30.3 Å². The summed E-state index contributed by atoms with van der Waals surface area (Å²) in [5, 5.41) is 3.69. The number of fused-ring (bicyclic) bond motifs is 2. The van der Waals surface area contributed by atoms with Crippen molar-refractivity contribution in [2.24, 2.45) is 0 Å². The minimum absolute atomic E-state index is 0.430. The number of para-hydroxylation sites is 1. The number of anilines is 1. The number of halogens is 1. The number of hydrogen-bond acceptors (Lipinski definition) is 3. The first-order valence-electron chi connectivity index (χ1n) is 4.99. The van der Waals surface area contributed by atoms with Crippen LogP contribution in [0.3, 0.4) is 0 Å². The summed E-state index contributed by atoms with van der Waals surface area (Å²) in [7, 11) is 0. The fourth-order valence-corrected chi connectivity index (χ4v) is 1.81. The maximum absolute atomic E-state index is 5.84. The fourth-order valence-electron chi connectivity index (χ4n) is 1.67. The van der Waals surface area contributed by atoms with Crippen molar-refractivity contribution in [2.45, 2.75) is 6.54 Å². The van der Waals surface area contributed by atoms with Gasteiger partial charge in [0.05, 0.1) is 5.69 Å². The van der Waals surface area contributed by atoms with E-state index in [4.69, 9.17) is 16.3 Å². The van der Waals surface area contributed by atoms with Gasteiger partial charge >= 0.3 is 0 Å². The first-order valence-corrected chi connectivity index (χ1v) is 5.37. The van der Waals surface area contributed by atoms with Crippen molar-refractivity contribution >= 4 is 17.3 Å². The Morgan fingerprint density at radius 1 is 1.19 bits per heavy atom. The van der Waals surface area contributed by atoms with E-state index in [0.717, 1.165) is 23.5 Å². The third kappa shape index (κ3) is 1.59. The molecule has 1 aliphatic rings. The third-order valence-electron chi connectivity index (χ3n) is 2.47. The Morgan fingerprint density at radius 2 is 2.06 bits per heavy atom.